The maximum Gasteiger partial charge on any atom is 0.306 e. The molecule has 0 N–H and O–H groups in total. The lowest BCUT2D eigenvalue weighted by molar-refractivity contribution is -0.167. The first-order valence-electron chi connectivity index (χ1n) is 25.1. The summed E-state index contributed by atoms with van der Waals surface area (Å²) in [6.45, 7) is 6.51. The predicted molar refractivity (Wildman–Crippen MR) is 252 cm³/mol. The van der Waals surface area contributed by atoms with Gasteiger partial charge in [0.05, 0.1) is 0 Å². The van der Waals surface area contributed by atoms with Crippen molar-refractivity contribution in [3.8, 4) is 0 Å². The minimum absolute atomic E-state index is 0.0776. The van der Waals surface area contributed by atoms with E-state index in [1.807, 2.05) is 0 Å². The monoisotopic (exact) mass is 827 g/mol. The number of carbonyl (C=O) groups excluding carboxylic acids is 3. The molecule has 0 aliphatic carbocycles. The van der Waals surface area contributed by atoms with Crippen LogP contribution in [0.1, 0.15) is 252 Å². The lowest BCUT2D eigenvalue weighted by atomic mass is 10.0. The van der Waals surface area contributed by atoms with E-state index < -0.39 is 6.10 Å². The van der Waals surface area contributed by atoms with Crippen molar-refractivity contribution in [2.45, 2.75) is 258 Å². The van der Waals surface area contributed by atoms with Gasteiger partial charge in [0.25, 0.3) is 0 Å². The van der Waals surface area contributed by atoms with Crippen molar-refractivity contribution in [2.24, 2.45) is 0 Å². The van der Waals surface area contributed by atoms with E-state index in [1.165, 1.54) is 116 Å². The van der Waals surface area contributed by atoms with Crippen molar-refractivity contribution >= 4 is 17.9 Å². The molecule has 0 aromatic heterocycles. The molecule has 0 fully saturated rings. The van der Waals surface area contributed by atoms with E-state index in [0.717, 1.165) is 96.3 Å². The van der Waals surface area contributed by atoms with E-state index >= 15 is 0 Å². The Morgan fingerprint density at radius 2 is 0.661 bits per heavy atom. The van der Waals surface area contributed by atoms with Crippen LogP contribution in [0.25, 0.3) is 0 Å². The molecule has 0 aromatic rings. The maximum absolute atomic E-state index is 12.8. The molecular weight excluding hydrogens is 733 g/mol. The van der Waals surface area contributed by atoms with Crippen molar-refractivity contribution in [3.05, 3.63) is 48.6 Å². The van der Waals surface area contributed by atoms with E-state index in [9.17, 15) is 14.4 Å². The molecule has 0 aliphatic rings. The van der Waals surface area contributed by atoms with Crippen LogP contribution >= 0.6 is 0 Å². The van der Waals surface area contributed by atoms with E-state index in [-0.39, 0.29) is 31.1 Å². The quantitative estimate of drug-likeness (QED) is 0.0263. The van der Waals surface area contributed by atoms with Crippen LogP contribution in [0, 0.1) is 0 Å². The summed E-state index contributed by atoms with van der Waals surface area (Å²) in [6.07, 6.45) is 56.6. The molecule has 0 aliphatic heterocycles. The van der Waals surface area contributed by atoms with Gasteiger partial charge in [-0.1, -0.05) is 223 Å². The molecule has 0 rings (SSSR count). The van der Waals surface area contributed by atoms with E-state index in [4.69, 9.17) is 14.2 Å². The summed E-state index contributed by atoms with van der Waals surface area (Å²) < 4.78 is 16.8. The molecule has 6 heteroatoms. The average molecular weight is 827 g/mol. The van der Waals surface area contributed by atoms with Gasteiger partial charge in [0.2, 0.25) is 0 Å². The highest BCUT2D eigenvalue weighted by Crippen LogP contribution is 2.15. The first-order chi connectivity index (χ1) is 29.0. The first-order valence-corrected chi connectivity index (χ1v) is 25.1. The summed E-state index contributed by atoms with van der Waals surface area (Å²) >= 11 is 0. The number of ether oxygens (including phenoxy) is 3. The highest BCUT2D eigenvalue weighted by Gasteiger charge is 2.19. The zero-order valence-corrected chi connectivity index (χ0v) is 39.0. The molecule has 0 bridgehead atoms. The Morgan fingerprint density at radius 3 is 1.03 bits per heavy atom. The molecule has 0 saturated carbocycles. The lowest BCUT2D eigenvalue weighted by Gasteiger charge is -2.18. The van der Waals surface area contributed by atoms with Gasteiger partial charge in [0.1, 0.15) is 13.2 Å². The van der Waals surface area contributed by atoms with Crippen LogP contribution in [-0.4, -0.2) is 37.2 Å². The van der Waals surface area contributed by atoms with Gasteiger partial charge < -0.3 is 14.2 Å². The molecule has 6 nitrogen and oxygen atoms in total. The lowest BCUT2D eigenvalue weighted by Crippen LogP contribution is -2.30. The smallest absolute Gasteiger partial charge is 0.306 e. The minimum atomic E-state index is -0.777. The summed E-state index contributed by atoms with van der Waals surface area (Å²) in [7, 11) is 0. The summed E-state index contributed by atoms with van der Waals surface area (Å²) in [5, 5.41) is 0. The second-order valence-corrected chi connectivity index (χ2v) is 16.7. The average Bonchev–Trinajstić information content (AvgIpc) is 3.23. The number of allylic oxidation sites excluding steroid dienone is 8. The molecule has 0 heterocycles. The Labute approximate surface area is 365 Å². The van der Waals surface area contributed by atoms with Gasteiger partial charge in [-0.15, -0.1) is 0 Å². The van der Waals surface area contributed by atoms with Crippen LogP contribution in [0.3, 0.4) is 0 Å². The van der Waals surface area contributed by atoms with Crippen molar-refractivity contribution < 1.29 is 28.6 Å². The number of carbonyl (C=O) groups is 3. The third-order valence-electron chi connectivity index (χ3n) is 10.8. The summed E-state index contributed by atoms with van der Waals surface area (Å²) in [6, 6.07) is 0. The zero-order valence-electron chi connectivity index (χ0n) is 39.0. The van der Waals surface area contributed by atoms with Gasteiger partial charge in [-0.3, -0.25) is 14.4 Å². The van der Waals surface area contributed by atoms with Crippen molar-refractivity contribution in [1.29, 1.82) is 0 Å². The number of hydrogen-bond donors (Lipinski definition) is 0. The molecule has 342 valence electrons. The van der Waals surface area contributed by atoms with Crippen LogP contribution in [0.2, 0.25) is 0 Å². The van der Waals surface area contributed by atoms with Crippen LogP contribution in [-0.2, 0) is 28.6 Å². The Hall–Kier alpha value is -2.63. The van der Waals surface area contributed by atoms with Crippen molar-refractivity contribution in [2.75, 3.05) is 13.2 Å². The summed E-state index contributed by atoms with van der Waals surface area (Å²) in [5.41, 5.74) is 0. The topological polar surface area (TPSA) is 78.9 Å². The Balaban J connectivity index is 4.38. The maximum atomic E-state index is 12.8. The van der Waals surface area contributed by atoms with Crippen LogP contribution in [0.4, 0.5) is 0 Å². The fourth-order valence-corrected chi connectivity index (χ4v) is 7.08. The Bertz CT molecular complexity index is 1040. The molecule has 1 atom stereocenters. The molecular formula is C53H94O6. The second-order valence-electron chi connectivity index (χ2n) is 16.7. The molecule has 0 amide bonds. The molecule has 0 saturated heterocycles. The van der Waals surface area contributed by atoms with E-state index in [1.54, 1.807) is 0 Å². The second kappa shape index (κ2) is 48.0. The van der Waals surface area contributed by atoms with Gasteiger partial charge >= 0.3 is 17.9 Å². The molecule has 0 aromatic carbocycles. The van der Waals surface area contributed by atoms with Crippen LogP contribution in [0.15, 0.2) is 48.6 Å². The van der Waals surface area contributed by atoms with E-state index in [0.29, 0.717) is 19.3 Å². The van der Waals surface area contributed by atoms with Gasteiger partial charge in [0, 0.05) is 19.3 Å². The van der Waals surface area contributed by atoms with E-state index in [2.05, 4.69) is 69.4 Å². The fourth-order valence-electron chi connectivity index (χ4n) is 7.08. The summed E-state index contributed by atoms with van der Waals surface area (Å²) in [5.74, 6) is -0.896. The largest absolute Gasteiger partial charge is 0.462 e. The van der Waals surface area contributed by atoms with Gasteiger partial charge in [-0.2, -0.15) is 0 Å². The number of unbranched alkanes of at least 4 members (excludes halogenated alkanes) is 26. The van der Waals surface area contributed by atoms with Gasteiger partial charge in [0.15, 0.2) is 6.10 Å². The fraction of sp³-hybridized carbons (Fsp3) is 0.792. The number of hydrogen-bond acceptors (Lipinski definition) is 6. The first kappa shape index (κ1) is 56.4. The van der Waals surface area contributed by atoms with Crippen molar-refractivity contribution in [1.82, 2.24) is 0 Å². The molecule has 0 spiro atoms. The van der Waals surface area contributed by atoms with Crippen molar-refractivity contribution in [3.63, 3.8) is 0 Å². The third-order valence-corrected chi connectivity index (χ3v) is 10.8. The third kappa shape index (κ3) is 46.3. The normalized spacial score (nSPS) is 12.4. The van der Waals surface area contributed by atoms with Crippen LogP contribution < -0.4 is 0 Å². The molecule has 1 unspecified atom stereocenters. The molecule has 0 radical (unpaired) electrons. The van der Waals surface area contributed by atoms with Gasteiger partial charge in [-0.25, -0.2) is 0 Å². The molecule has 59 heavy (non-hydrogen) atoms. The Kier molecular flexibility index (Phi) is 45.9. The minimum Gasteiger partial charge on any atom is -0.462 e. The number of esters is 3. The highest BCUT2D eigenvalue weighted by atomic mass is 16.6. The van der Waals surface area contributed by atoms with Gasteiger partial charge in [-0.05, 0) is 57.8 Å². The standard InChI is InChI=1S/C53H94O6/c1-4-7-10-13-16-19-22-24-25-26-27-29-31-34-37-40-43-46-52(55)58-49-50(48-57-51(54)45-42-39-36-33-30-21-18-15-12-9-6-3)59-53(56)47-44-41-38-35-32-28-23-20-17-14-11-8-5-2/h7,10,16,19,24-25,27,29,50H,4-6,8-9,11-15,17-18,20-23,26,28,30-49H2,1-3H3/b10-7-,19-16-,25-24-,29-27-. The highest BCUT2D eigenvalue weighted by molar-refractivity contribution is 5.71. The number of rotatable bonds is 45. The SMILES string of the molecule is CC/C=C\C/C=C\C/C=C\C/C=C\CCCCCCC(=O)OCC(COC(=O)CCCCCCCCCCCCC)OC(=O)CCCCCCCCCCCCCCC. The zero-order chi connectivity index (χ0) is 43.0. The Morgan fingerprint density at radius 1 is 0.356 bits per heavy atom. The van der Waals surface area contributed by atoms with Crippen LogP contribution in [0.5, 0.6) is 0 Å². The predicted octanol–water partition coefficient (Wildman–Crippen LogP) is 16.3. The summed E-state index contributed by atoms with van der Waals surface area (Å²) in [4.78, 5) is 37.9.